The maximum atomic E-state index is 6.06. The van der Waals surface area contributed by atoms with Gasteiger partial charge in [0.1, 0.15) is 0 Å². The Labute approximate surface area is 121 Å². The Balaban J connectivity index is 2.85. The summed E-state index contributed by atoms with van der Waals surface area (Å²) in [4.78, 5) is 0. The average molecular weight is 317 g/mol. The predicted octanol–water partition coefficient (Wildman–Crippen LogP) is 4.87. The molecule has 0 saturated carbocycles. The minimum absolute atomic E-state index is 0.248. The van der Waals surface area contributed by atoms with Crippen LogP contribution in [-0.2, 0) is 9.31 Å². The second-order valence-corrected chi connectivity index (χ2v) is 6.85. The van der Waals surface area contributed by atoms with Crippen LogP contribution in [0.25, 0.3) is 0 Å². The molecule has 0 N–H and O–H groups in total. The van der Waals surface area contributed by atoms with Crippen LogP contribution in [0.15, 0.2) is 9.95 Å². The molecule has 0 amide bonds. The highest BCUT2D eigenvalue weighted by Gasteiger charge is 2.52. The van der Waals surface area contributed by atoms with Gasteiger partial charge in [-0.3, -0.25) is 0 Å². The first kappa shape index (κ1) is 16.3. The van der Waals surface area contributed by atoms with Gasteiger partial charge in [-0.15, -0.1) is 0 Å². The van der Waals surface area contributed by atoms with Crippen LogP contribution in [0.1, 0.15) is 67.2 Å². The highest BCUT2D eigenvalue weighted by atomic mass is 79.9. The lowest BCUT2D eigenvalue weighted by Gasteiger charge is -2.32. The Hall–Kier alpha value is 0.205. The van der Waals surface area contributed by atoms with E-state index in [4.69, 9.17) is 9.31 Å². The van der Waals surface area contributed by atoms with Gasteiger partial charge in [-0.1, -0.05) is 41.8 Å². The van der Waals surface area contributed by atoms with Gasteiger partial charge in [-0.25, -0.2) is 0 Å². The normalized spacial score (nSPS) is 23.2. The molecule has 104 valence electrons. The van der Waals surface area contributed by atoms with Crippen molar-refractivity contribution in [2.75, 3.05) is 0 Å². The third kappa shape index (κ3) is 3.40. The number of hydrogen-bond donors (Lipinski definition) is 0. The molecule has 1 saturated heterocycles. The van der Waals surface area contributed by atoms with Gasteiger partial charge in [-0.05, 0) is 47.0 Å². The molecular formula is C14H26BBrO2. The van der Waals surface area contributed by atoms with E-state index in [-0.39, 0.29) is 18.3 Å². The number of unbranched alkanes of at least 4 members (excludes halogenated alkanes) is 1. The molecule has 0 bridgehead atoms. The average Bonchev–Trinajstić information content (AvgIpc) is 2.49. The van der Waals surface area contributed by atoms with Crippen molar-refractivity contribution in [3.8, 4) is 0 Å². The third-order valence-electron chi connectivity index (χ3n) is 4.06. The van der Waals surface area contributed by atoms with E-state index >= 15 is 0 Å². The molecule has 4 heteroatoms. The summed E-state index contributed by atoms with van der Waals surface area (Å²) in [6.07, 6.45) is 4.60. The van der Waals surface area contributed by atoms with Crippen LogP contribution in [0, 0.1) is 0 Å². The minimum Gasteiger partial charge on any atom is -0.399 e. The van der Waals surface area contributed by atoms with Gasteiger partial charge in [0.15, 0.2) is 0 Å². The van der Waals surface area contributed by atoms with Gasteiger partial charge < -0.3 is 9.31 Å². The monoisotopic (exact) mass is 316 g/mol. The van der Waals surface area contributed by atoms with Crippen LogP contribution >= 0.6 is 15.9 Å². The fourth-order valence-corrected chi connectivity index (χ4v) is 2.63. The zero-order chi connectivity index (χ0) is 14.0. The van der Waals surface area contributed by atoms with Crippen LogP contribution in [0.5, 0.6) is 0 Å². The van der Waals surface area contributed by atoms with Gasteiger partial charge in [0.25, 0.3) is 0 Å². The van der Waals surface area contributed by atoms with Gasteiger partial charge in [-0.2, -0.15) is 0 Å². The van der Waals surface area contributed by atoms with E-state index in [2.05, 4.69) is 57.5 Å². The summed E-state index contributed by atoms with van der Waals surface area (Å²) in [7, 11) is -0.248. The zero-order valence-corrected chi connectivity index (χ0v) is 14.2. The van der Waals surface area contributed by atoms with Crippen LogP contribution in [0.2, 0.25) is 0 Å². The van der Waals surface area contributed by atoms with Crippen molar-refractivity contribution in [1.82, 2.24) is 0 Å². The van der Waals surface area contributed by atoms with Crippen LogP contribution < -0.4 is 0 Å². The van der Waals surface area contributed by atoms with E-state index in [0.717, 1.165) is 17.2 Å². The molecular weight excluding hydrogens is 291 g/mol. The van der Waals surface area contributed by atoms with E-state index in [1.807, 2.05) is 0 Å². The predicted molar refractivity (Wildman–Crippen MR) is 81.9 cm³/mol. The van der Waals surface area contributed by atoms with Crippen molar-refractivity contribution in [2.45, 2.75) is 78.4 Å². The highest BCUT2D eigenvalue weighted by molar-refractivity contribution is 9.12. The molecule has 1 aliphatic heterocycles. The first-order valence-electron chi connectivity index (χ1n) is 6.98. The Bertz CT molecular complexity index is 308. The summed E-state index contributed by atoms with van der Waals surface area (Å²) in [6.45, 7) is 12.8. The first-order valence-corrected chi connectivity index (χ1v) is 7.77. The quantitative estimate of drug-likeness (QED) is 0.674. The number of hydrogen-bond acceptors (Lipinski definition) is 2. The Kier molecular flexibility index (Phi) is 5.51. The molecule has 0 aromatic heterocycles. The molecule has 1 fully saturated rings. The topological polar surface area (TPSA) is 18.5 Å². The standard InChI is InChI=1S/C14H26BBrO2/c1-7-9-10-11(8-2)12(16)15-17-13(3,4)14(5,6)18-15/h7-10H2,1-6H3/b12-11+. The largest absolute Gasteiger partial charge is 0.502 e. The van der Waals surface area contributed by atoms with Gasteiger partial charge >= 0.3 is 7.12 Å². The lowest BCUT2D eigenvalue weighted by molar-refractivity contribution is 0.00578. The van der Waals surface area contributed by atoms with Crippen molar-refractivity contribution < 1.29 is 9.31 Å². The molecule has 18 heavy (non-hydrogen) atoms. The summed E-state index contributed by atoms with van der Waals surface area (Å²) in [6, 6.07) is 0. The van der Waals surface area contributed by atoms with E-state index in [1.54, 1.807) is 0 Å². The molecule has 0 aromatic carbocycles. The molecule has 0 aromatic rings. The molecule has 0 unspecified atom stereocenters. The number of halogens is 1. The van der Waals surface area contributed by atoms with E-state index in [9.17, 15) is 0 Å². The Morgan fingerprint density at radius 2 is 1.56 bits per heavy atom. The Morgan fingerprint density at radius 3 is 1.94 bits per heavy atom. The minimum atomic E-state index is -0.264. The van der Waals surface area contributed by atoms with Crippen molar-refractivity contribution in [3.63, 3.8) is 0 Å². The Morgan fingerprint density at radius 1 is 1.06 bits per heavy atom. The molecule has 1 rings (SSSR count). The fourth-order valence-electron chi connectivity index (χ4n) is 1.97. The van der Waals surface area contributed by atoms with E-state index in [0.29, 0.717) is 0 Å². The first-order chi connectivity index (χ1) is 8.25. The fraction of sp³-hybridized carbons (Fsp3) is 0.857. The lowest BCUT2D eigenvalue weighted by Crippen LogP contribution is -2.41. The maximum Gasteiger partial charge on any atom is 0.502 e. The number of rotatable bonds is 5. The SMILES string of the molecule is CCCC/C(CC)=C(/Br)B1OC(C)(C)C(C)(C)O1. The number of allylic oxidation sites excluding steroid dienone is 1. The molecule has 0 aliphatic carbocycles. The zero-order valence-electron chi connectivity index (χ0n) is 12.6. The van der Waals surface area contributed by atoms with Crippen molar-refractivity contribution in [3.05, 3.63) is 9.95 Å². The molecule has 0 atom stereocenters. The molecule has 1 heterocycles. The molecule has 0 radical (unpaired) electrons. The molecule has 2 nitrogen and oxygen atoms in total. The lowest BCUT2D eigenvalue weighted by atomic mass is 9.84. The van der Waals surface area contributed by atoms with Crippen LogP contribution in [0.3, 0.4) is 0 Å². The molecule has 1 aliphatic rings. The van der Waals surface area contributed by atoms with Gasteiger partial charge in [0, 0.05) is 4.38 Å². The van der Waals surface area contributed by atoms with Gasteiger partial charge in [0.05, 0.1) is 11.2 Å². The smallest absolute Gasteiger partial charge is 0.399 e. The highest BCUT2D eigenvalue weighted by Crippen LogP contribution is 2.40. The summed E-state index contributed by atoms with van der Waals surface area (Å²) in [5.74, 6) is 0. The van der Waals surface area contributed by atoms with Crippen LogP contribution in [0.4, 0.5) is 0 Å². The van der Waals surface area contributed by atoms with Gasteiger partial charge in [0.2, 0.25) is 0 Å². The van der Waals surface area contributed by atoms with E-state index < -0.39 is 0 Å². The van der Waals surface area contributed by atoms with Crippen molar-refractivity contribution in [1.29, 1.82) is 0 Å². The maximum absolute atomic E-state index is 6.06. The second kappa shape index (κ2) is 6.10. The summed E-state index contributed by atoms with van der Waals surface area (Å²) >= 11 is 3.69. The second-order valence-electron chi connectivity index (χ2n) is 6.00. The summed E-state index contributed by atoms with van der Waals surface area (Å²) < 4.78 is 13.2. The summed E-state index contributed by atoms with van der Waals surface area (Å²) in [5, 5.41) is 0. The van der Waals surface area contributed by atoms with Crippen molar-refractivity contribution in [2.24, 2.45) is 0 Å². The van der Waals surface area contributed by atoms with Crippen LogP contribution in [-0.4, -0.2) is 18.3 Å². The van der Waals surface area contributed by atoms with Crippen molar-refractivity contribution >= 4 is 23.0 Å². The van der Waals surface area contributed by atoms with E-state index in [1.165, 1.54) is 18.4 Å². The third-order valence-corrected chi connectivity index (χ3v) is 4.99. The molecule has 0 spiro atoms. The summed E-state index contributed by atoms with van der Waals surface area (Å²) in [5.41, 5.74) is 0.885.